The molecular weight excluding hydrogens is 440 g/mol. The zero-order chi connectivity index (χ0) is 23.6. The van der Waals surface area contributed by atoms with Gasteiger partial charge in [-0.05, 0) is 67.7 Å². The molecule has 0 fully saturated rings. The number of hydrogen-bond donors (Lipinski definition) is 0. The van der Waals surface area contributed by atoms with Crippen molar-refractivity contribution in [3.8, 4) is 22.4 Å². The van der Waals surface area contributed by atoms with Crippen molar-refractivity contribution in [1.82, 2.24) is 9.38 Å². The Balaban J connectivity index is 1.35. The Morgan fingerprint density at radius 3 is 1.89 bits per heavy atom. The summed E-state index contributed by atoms with van der Waals surface area (Å²) in [6.07, 6.45) is 1.80. The van der Waals surface area contributed by atoms with Crippen LogP contribution in [0.1, 0.15) is 0 Å². The number of aromatic nitrogens is 2. The highest BCUT2D eigenvalue weighted by atomic mass is 16.3. The van der Waals surface area contributed by atoms with Gasteiger partial charge in [0.25, 0.3) is 0 Å². The van der Waals surface area contributed by atoms with Crippen molar-refractivity contribution in [2.24, 2.45) is 0 Å². The fraction of sp³-hybridized carbons (Fsp3) is 0. The van der Waals surface area contributed by atoms with Gasteiger partial charge >= 0.3 is 5.84 Å². The van der Waals surface area contributed by atoms with Crippen molar-refractivity contribution in [2.75, 3.05) is 0 Å². The normalized spacial score (nSPS) is 11.9. The standard InChI is InChI=1S/C33H20N2O/c1-2-12-26-24(10-1)25-11-3-4-13-27(25)29-19-22(16-17-28(26)29)21-8-7-9-23(18-21)32-20-36-33-34-30-14-5-6-15-31(30)35(32)33/h1-20H. The number of nitrogens with zero attached hydrogens (tertiary/aromatic N) is 2. The van der Waals surface area contributed by atoms with Gasteiger partial charge in [0, 0.05) is 5.56 Å². The molecule has 2 heterocycles. The summed E-state index contributed by atoms with van der Waals surface area (Å²) in [6.45, 7) is 0. The van der Waals surface area contributed by atoms with E-state index in [9.17, 15) is 0 Å². The van der Waals surface area contributed by atoms with Gasteiger partial charge in [-0.1, -0.05) is 91.0 Å². The molecule has 0 spiro atoms. The van der Waals surface area contributed by atoms with Crippen LogP contribution >= 0.6 is 0 Å². The molecule has 8 rings (SSSR count). The molecule has 0 unspecified atom stereocenters. The molecule has 0 N–H and O–H groups in total. The molecule has 0 amide bonds. The van der Waals surface area contributed by atoms with Crippen LogP contribution < -0.4 is 0 Å². The number of oxazole rings is 1. The molecule has 2 aromatic heterocycles. The second-order valence-electron chi connectivity index (χ2n) is 9.27. The lowest BCUT2D eigenvalue weighted by Gasteiger charge is -2.12. The summed E-state index contributed by atoms with van der Waals surface area (Å²) < 4.78 is 7.92. The highest BCUT2D eigenvalue weighted by Crippen LogP contribution is 2.38. The van der Waals surface area contributed by atoms with Crippen LogP contribution in [-0.2, 0) is 0 Å². The molecule has 0 aliphatic carbocycles. The van der Waals surface area contributed by atoms with Crippen LogP contribution in [-0.4, -0.2) is 9.38 Å². The lowest BCUT2D eigenvalue weighted by atomic mass is 9.92. The first-order chi connectivity index (χ1) is 17.8. The molecule has 0 aliphatic heterocycles. The zero-order valence-corrected chi connectivity index (χ0v) is 19.3. The molecule has 0 saturated heterocycles. The number of imidazole rings is 1. The Hall–Kier alpha value is -4.89. The Bertz CT molecular complexity index is 2080. The molecule has 3 nitrogen and oxygen atoms in total. The molecule has 0 bridgehead atoms. The van der Waals surface area contributed by atoms with Crippen molar-refractivity contribution in [3.63, 3.8) is 0 Å². The van der Waals surface area contributed by atoms with Crippen LogP contribution in [0.15, 0.2) is 126 Å². The van der Waals surface area contributed by atoms with Gasteiger partial charge < -0.3 is 4.42 Å². The van der Waals surface area contributed by atoms with E-state index in [4.69, 9.17) is 4.42 Å². The van der Waals surface area contributed by atoms with E-state index in [1.54, 1.807) is 6.26 Å². The molecule has 3 heteroatoms. The number of rotatable bonds is 2. The lowest BCUT2D eigenvalue weighted by molar-refractivity contribution is 0.597. The van der Waals surface area contributed by atoms with E-state index in [0.717, 1.165) is 22.3 Å². The summed E-state index contributed by atoms with van der Waals surface area (Å²) in [5.41, 5.74) is 6.44. The maximum atomic E-state index is 5.83. The predicted molar refractivity (Wildman–Crippen MR) is 148 cm³/mol. The van der Waals surface area contributed by atoms with Gasteiger partial charge in [-0.3, -0.25) is 4.40 Å². The highest BCUT2D eigenvalue weighted by Gasteiger charge is 2.15. The first-order valence-corrected chi connectivity index (χ1v) is 12.1. The smallest absolute Gasteiger partial charge is 0.307 e. The monoisotopic (exact) mass is 460 g/mol. The third-order valence-electron chi connectivity index (χ3n) is 7.28. The van der Waals surface area contributed by atoms with E-state index in [-0.39, 0.29) is 0 Å². The summed E-state index contributed by atoms with van der Waals surface area (Å²) in [4.78, 5) is 4.63. The minimum atomic E-state index is 0.612. The summed E-state index contributed by atoms with van der Waals surface area (Å²) in [6, 6.07) is 41.0. The van der Waals surface area contributed by atoms with Crippen LogP contribution in [0.2, 0.25) is 0 Å². The fourth-order valence-corrected chi connectivity index (χ4v) is 5.62. The highest BCUT2D eigenvalue weighted by molar-refractivity contribution is 6.25. The number of para-hydroxylation sites is 2. The predicted octanol–water partition coefficient (Wildman–Crippen LogP) is 8.87. The molecule has 0 saturated carbocycles. The van der Waals surface area contributed by atoms with E-state index in [1.807, 2.05) is 18.2 Å². The molecule has 0 aliphatic rings. The third kappa shape index (κ3) is 2.71. The first kappa shape index (κ1) is 19.4. The van der Waals surface area contributed by atoms with Crippen LogP contribution in [0.5, 0.6) is 0 Å². The maximum Gasteiger partial charge on any atom is 0.307 e. The van der Waals surface area contributed by atoms with Crippen LogP contribution in [0, 0.1) is 0 Å². The maximum absolute atomic E-state index is 5.83. The molecule has 36 heavy (non-hydrogen) atoms. The summed E-state index contributed by atoms with van der Waals surface area (Å²) >= 11 is 0. The third-order valence-corrected chi connectivity index (χ3v) is 7.28. The van der Waals surface area contributed by atoms with E-state index in [2.05, 4.69) is 106 Å². The lowest BCUT2D eigenvalue weighted by Crippen LogP contribution is -1.88. The Morgan fingerprint density at radius 1 is 0.500 bits per heavy atom. The van der Waals surface area contributed by atoms with Gasteiger partial charge in [-0.15, -0.1) is 0 Å². The van der Waals surface area contributed by atoms with E-state index >= 15 is 0 Å². The van der Waals surface area contributed by atoms with Crippen molar-refractivity contribution in [3.05, 3.63) is 122 Å². The zero-order valence-electron chi connectivity index (χ0n) is 19.3. The Labute approximate surface area is 206 Å². The van der Waals surface area contributed by atoms with E-state index in [0.29, 0.717) is 5.84 Å². The molecular formula is C33H20N2O. The van der Waals surface area contributed by atoms with Crippen LogP contribution in [0.4, 0.5) is 0 Å². The average Bonchev–Trinajstić information content (AvgIpc) is 3.53. The Kier molecular flexibility index (Phi) is 3.94. The Morgan fingerprint density at radius 2 is 1.11 bits per heavy atom. The van der Waals surface area contributed by atoms with E-state index in [1.165, 1.54) is 43.4 Å². The SMILES string of the molecule is c1cc(-c2ccc3c4ccccc4c4ccccc4c3c2)cc(-c2coc3nc4ccccc4n23)c1. The van der Waals surface area contributed by atoms with Crippen molar-refractivity contribution in [1.29, 1.82) is 0 Å². The fourth-order valence-electron chi connectivity index (χ4n) is 5.62. The van der Waals surface area contributed by atoms with Gasteiger partial charge in [0.15, 0.2) is 0 Å². The van der Waals surface area contributed by atoms with Gasteiger partial charge in [-0.25, -0.2) is 0 Å². The van der Waals surface area contributed by atoms with Crippen molar-refractivity contribution in [2.45, 2.75) is 0 Å². The van der Waals surface area contributed by atoms with Crippen LogP contribution in [0.3, 0.4) is 0 Å². The molecule has 0 radical (unpaired) electrons. The minimum absolute atomic E-state index is 0.612. The average molecular weight is 461 g/mol. The second kappa shape index (κ2) is 7.30. The number of fused-ring (bicyclic) bond motifs is 9. The molecule has 168 valence electrons. The summed E-state index contributed by atoms with van der Waals surface area (Å²) in [5.74, 6) is 0.612. The minimum Gasteiger partial charge on any atom is -0.431 e. The van der Waals surface area contributed by atoms with Gasteiger partial charge in [-0.2, -0.15) is 4.98 Å². The first-order valence-electron chi connectivity index (χ1n) is 12.1. The topological polar surface area (TPSA) is 30.4 Å². The van der Waals surface area contributed by atoms with E-state index < -0.39 is 0 Å². The second-order valence-corrected chi connectivity index (χ2v) is 9.27. The number of benzene rings is 6. The van der Waals surface area contributed by atoms with Crippen molar-refractivity contribution >= 4 is 49.2 Å². The van der Waals surface area contributed by atoms with Crippen LogP contribution in [0.25, 0.3) is 71.6 Å². The van der Waals surface area contributed by atoms with Crippen molar-refractivity contribution < 1.29 is 4.42 Å². The van der Waals surface area contributed by atoms with Gasteiger partial charge in [0.05, 0.1) is 16.7 Å². The summed E-state index contributed by atoms with van der Waals surface area (Å²) in [5, 5.41) is 7.72. The molecule has 8 aromatic rings. The summed E-state index contributed by atoms with van der Waals surface area (Å²) in [7, 11) is 0. The van der Waals surface area contributed by atoms with Gasteiger partial charge in [0.1, 0.15) is 6.26 Å². The van der Waals surface area contributed by atoms with Gasteiger partial charge in [0.2, 0.25) is 0 Å². The number of hydrogen-bond acceptors (Lipinski definition) is 2. The molecule has 0 atom stereocenters. The quantitative estimate of drug-likeness (QED) is 0.241. The largest absolute Gasteiger partial charge is 0.431 e. The molecule has 6 aromatic carbocycles.